The molecule has 5 nitrogen and oxygen atoms in total. The molecule has 1 heterocycles. The lowest BCUT2D eigenvalue weighted by molar-refractivity contribution is -0.136. The van der Waals surface area contributed by atoms with Crippen LogP contribution in [-0.4, -0.2) is 38.8 Å². The third kappa shape index (κ3) is 1.84. The minimum absolute atomic E-state index is 0.0691. The van der Waals surface area contributed by atoms with Crippen molar-refractivity contribution in [2.45, 2.75) is 11.7 Å². The maximum Gasteiger partial charge on any atom is 0.334 e. The highest BCUT2D eigenvalue weighted by atomic mass is 32.2. The summed E-state index contributed by atoms with van der Waals surface area (Å²) in [7, 11) is -2.21. The first kappa shape index (κ1) is 10.9. The first-order valence-electron chi connectivity index (χ1n) is 3.96. The van der Waals surface area contributed by atoms with E-state index in [1.54, 1.807) is 0 Å². The summed E-state index contributed by atoms with van der Waals surface area (Å²) in [6, 6.07) is 0. The molecule has 0 spiro atoms. The second-order valence-electron chi connectivity index (χ2n) is 2.87. The molecule has 0 fully saturated rings. The van der Waals surface area contributed by atoms with Crippen LogP contribution in [0.2, 0.25) is 0 Å². The standard InChI is InChI=1S/C8H10O5S/c1-13-8(10)6-3-5-14(11,12)7(6)2-4-9/h3-4,7H,2,5H2,1H3. The van der Waals surface area contributed by atoms with Gasteiger partial charge >= 0.3 is 5.97 Å². The Bertz CT molecular complexity index is 379. The summed E-state index contributed by atoms with van der Waals surface area (Å²) in [5.74, 6) is -0.881. The van der Waals surface area contributed by atoms with Crippen LogP contribution in [0.5, 0.6) is 0 Å². The average Bonchev–Trinajstić information content (AvgIpc) is 2.43. The summed E-state index contributed by atoms with van der Waals surface area (Å²) in [6.07, 6.45) is 1.60. The van der Waals surface area contributed by atoms with Crippen LogP contribution in [0.4, 0.5) is 0 Å². The largest absolute Gasteiger partial charge is 0.466 e. The third-order valence-electron chi connectivity index (χ3n) is 2.05. The van der Waals surface area contributed by atoms with E-state index < -0.39 is 21.1 Å². The van der Waals surface area contributed by atoms with Gasteiger partial charge in [0.2, 0.25) is 0 Å². The van der Waals surface area contributed by atoms with Gasteiger partial charge in [0.25, 0.3) is 0 Å². The number of rotatable bonds is 3. The van der Waals surface area contributed by atoms with E-state index in [-0.39, 0.29) is 17.7 Å². The van der Waals surface area contributed by atoms with Gasteiger partial charge in [-0.05, 0) is 0 Å². The van der Waals surface area contributed by atoms with Gasteiger partial charge in [0, 0.05) is 6.42 Å². The number of carbonyl (C=O) groups is 2. The van der Waals surface area contributed by atoms with E-state index in [4.69, 9.17) is 0 Å². The Balaban J connectivity index is 2.98. The van der Waals surface area contributed by atoms with Crippen molar-refractivity contribution in [2.75, 3.05) is 12.9 Å². The Morgan fingerprint density at radius 3 is 2.86 bits per heavy atom. The first-order chi connectivity index (χ1) is 6.53. The van der Waals surface area contributed by atoms with Crippen LogP contribution in [0.25, 0.3) is 0 Å². The van der Waals surface area contributed by atoms with Crippen LogP contribution in [-0.2, 0) is 24.2 Å². The average molecular weight is 218 g/mol. The SMILES string of the molecule is COC(=O)C1=CCS(=O)(=O)C1CC=O. The fourth-order valence-electron chi connectivity index (χ4n) is 1.34. The number of sulfone groups is 1. The van der Waals surface area contributed by atoms with Gasteiger partial charge in [-0.25, -0.2) is 13.2 Å². The minimum Gasteiger partial charge on any atom is -0.466 e. The van der Waals surface area contributed by atoms with Gasteiger partial charge in [-0.3, -0.25) is 0 Å². The molecule has 0 amide bonds. The highest BCUT2D eigenvalue weighted by Gasteiger charge is 2.37. The molecule has 0 radical (unpaired) electrons. The van der Waals surface area contributed by atoms with Gasteiger partial charge in [-0.1, -0.05) is 6.08 Å². The van der Waals surface area contributed by atoms with Crippen LogP contribution in [0.1, 0.15) is 6.42 Å². The fourth-order valence-corrected chi connectivity index (χ4v) is 2.94. The molecule has 0 aliphatic carbocycles. The van der Waals surface area contributed by atoms with Crippen LogP contribution in [0.3, 0.4) is 0 Å². The van der Waals surface area contributed by atoms with Crippen molar-refractivity contribution in [3.8, 4) is 0 Å². The van der Waals surface area contributed by atoms with E-state index in [9.17, 15) is 18.0 Å². The first-order valence-corrected chi connectivity index (χ1v) is 5.68. The lowest BCUT2D eigenvalue weighted by Crippen LogP contribution is -2.24. The monoisotopic (exact) mass is 218 g/mol. The summed E-state index contributed by atoms with van der Waals surface area (Å²) in [5.41, 5.74) is 0.0691. The van der Waals surface area contributed by atoms with Crippen LogP contribution in [0.15, 0.2) is 11.6 Å². The minimum atomic E-state index is -3.38. The van der Waals surface area contributed by atoms with E-state index in [0.717, 1.165) is 0 Å². The van der Waals surface area contributed by atoms with Gasteiger partial charge in [0.15, 0.2) is 9.84 Å². The molecule has 0 saturated carbocycles. The topological polar surface area (TPSA) is 77.5 Å². The molecule has 0 saturated heterocycles. The van der Waals surface area contributed by atoms with Gasteiger partial charge < -0.3 is 9.53 Å². The molecule has 0 aromatic carbocycles. The molecule has 0 N–H and O–H groups in total. The van der Waals surface area contributed by atoms with Gasteiger partial charge in [-0.2, -0.15) is 0 Å². The Labute approximate surface area is 81.7 Å². The zero-order chi connectivity index (χ0) is 10.8. The van der Waals surface area contributed by atoms with Crippen molar-refractivity contribution in [3.05, 3.63) is 11.6 Å². The normalized spacial score (nSPS) is 24.1. The van der Waals surface area contributed by atoms with E-state index >= 15 is 0 Å². The molecule has 1 atom stereocenters. The van der Waals surface area contributed by atoms with E-state index in [1.165, 1.54) is 13.2 Å². The van der Waals surface area contributed by atoms with Crippen molar-refractivity contribution in [1.82, 2.24) is 0 Å². The molecule has 0 aromatic rings. The highest BCUT2D eigenvalue weighted by molar-refractivity contribution is 7.92. The lowest BCUT2D eigenvalue weighted by atomic mass is 10.1. The smallest absolute Gasteiger partial charge is 0.334 e. The molecule has 78 valence electrons. The predicted octanol–water partition coefficient (Wildman–Crippen LogP) is -0.528. The van der Waals surface area contributed by atoms with Crippen molar-refractivity contribution >= 4 is 22.1 Å². The van der Waals surface area contributed by atoms with Crippen LogP contribution < -0.4 is 0 Å². The number of hydrogen-bond acceptors (Lipinski definition) is 5. The summed E-state index contributed by atoms with van der Waals surface area (Å²) >= 11 is 0. The van der Waals surface area contributed by atoms with Gasteiger partial charge in [0.05, 0.1) is 23.7 Å². The summed E-state index contributed by atoms with van der Waals surface area (Å²) in [4.78, 5) is 21.4. The lowest BCUT2D eigenvalue weighted by Gasteiger charge is -2.09. The third-order valence-corrected chi connectivity index (χ3v) is 3.99. The second kappa shape index (κ2) is 3.91. The van der Waals surface area contributed by atoms with Crippen molar-refractivity contribution < 1.29 is 22.7 Å². The summed E-state index contributed by atoms with van der Waals surface area (Å²) in [6.45, 7) is 0. The Morgan fingerprint density at radius 1 is 1.71 bits per heavy atom. The summed E-state index contributed by atoms with van der Waals surface area (Å²) in [5, 5.41) is -1.02. The van der Waals surface area contributed by atoms with Crippen molar-refractivity contribution in [1.29, 1.82) is 0 Å². The highest BCUT2D eigenvalue weighted by Crippen LogP contribution is 2.24. The number of aldehydes is 1. The van der Waals surface area contributed by atoms with Crippen LogP contribution in [0, 0.1) is 0 Å². The van der Waals surface area contributed by atoms with Gasteiger partial charge in [-0.15, -0.1) is 0 Å². The molecule has 14 heavy (non-hydrogen) atoms. The second-order valence-corrected chi connectivity index (χ2v) is 5.10. The van der Waals surface area contributed by atoms with Crippen molar-refractivity contribution in [3.63, 3.8) is 0 Å². The fraction of sp³-hybridized carbons (Fsp3) is 0.500. The van der Waals surface area contributed by atoms with E-state index in [2.05, 4.69) is 4.74 Å². The summed E-state index contributed by atoms with van der Waals surface area (Å²) < 4.78 is 27.1. The molecule has 1 aliphatic rings. The maximum atomic E-state index is 11.4. The quantitative estimate of drug-likeness (QED) is 0.470. The molecule has 1 aliphatic heterocycles. The van der Waals surface area contributed by atoms with E-state index in [0.29, 0.717) is 6.29 Å². The Kier molecular flexibility index (Phi) is 3.05. The number of carbonyl (C=O) groups excluding carboxylic acids is 2. The molecule has 6 heteroatoms. The number of hydrogen-bond donors (Lipinski definition) is 0. The number of esters is 1. The number of ether oxygens (including phenoxy) is 1. The Hall–Kier alpha value is -1.17. The molecule has 1 unspecified atom stereocenters. The van der Waals surface area contributed by atoms with Gasteiger partial charge in [0.1, 0.15) is 6.29 Å². The molecule has 0 bridgehead atoms. The van der Waals surface area contributed by atoms with Crippen LogP contribution >= 0.6 is 0 Å². The Morgan fingerprint density at radius 2 is 2.36 bits per heavy atom. The molecular weight excluding hydrogens is 208 g/mol. The number of methoxy groups -OCH3 is 1. The zero-order valence-corrected chi connectivity index (χ0v) is 8.41. The molecule has 1 rings (SSSR count). The van der Waals surface area contributed by atoms with Crippen molar-refractivity contribution in [2.24, 2.45) is 0 Å². The van der Waals surface area contributed by atoms with E-state index in [1.807, 2.05) is 0 Å². The maximum absolute atomic E-state index is 11.4. The molecular formula is C8H10O5S. The predicted molar refractivity (Wildman–Crippen MR) is 48.4 cm³/mol. The zero-order valence-electron chi connectivity index (χ0n) is 7.60. The molecule has 0 aromatic heterocycles.